The molecule has 8 nitrogen and oxygen atoms in total. The Labute approximate surface area is 202 Å². The third-order valence-corrected chi connectivity index (χ3v) is 6.85. The molecule has 2 fully saturated rings. The molecule has 34 heavy (non-hydrogen) atoms. The Morgan fingerprint density at radius 3 is 2.94 bits per heavy atom. The third-order valence-electron chi connectivity index (χ3n) is 6.46. The van der Waals surface area contributed by atoms with E-state index < -0.39 is 0 Å². The average molecular weight is 477 g/mol. The summed E-state index contributed by atoms with van der Waals surface area (Å²) in [6.45, 7) is 4.26. The van der Waals surface area contributed by atoms with Crippen LogP contribution in [0.5, 0.6) is 11.8 Å². The van der Waals surface area contributed by atoms with Gasteiger partial charge in [0.25, 0.3) is 0 Å². The van der Waals surface area contributed by atoms with Crippen LogP contribution in [-0.4, -0.2) is 47.9 Å². The Kier molecular flexibility index (Phi) is 5.25. The summed E-state index contributed by atoms with van der Waals surface area (Å²) in [5.74, 6) is 3.09. The zero-order valence-electron chi connectivity index (χ0n) is 18.9. The molecule has 1 saturated heterocycles. The number of carbonyl (C=O) groups is 1. The third kappa shape index (κ3) is 4.25. The van der Waals surface area contributed by atoms with Gasteiger partial charge in [0.05, 0.1) is 18.1 Å². The first-order valence-electron chi connectivity index (χ1n) is 11.6. The molecular weight excluding hydrogens is 452 g/mol. The number of aromatic nitrogens is 2. The molecule has 1 aromatic carbocycles. The lowest BCUT2D eigenvalue weighted by Crippen LogP contribution is -2.48. The monoisotopic (exact) mass is 476 g/mol. The molecule has 2 N–H and O–H groups in total. The van der Waals surface area contributed by atoms with Crippen LogP contribution in [0.25, 0.3) is 6.08 Å². The second-order valence-electron chi connectivity index (χ2n) is 9.21. The van der Waals surface area contributed by atoms with Gasteiger partial charge in [-0.1, -0.05) is 29.3 Å². The van der Waals surface area contributed by atoms with Gasteiger partial charge >= 0.3 is 6.01 Å². The number of fused-ring (bicyclic) bond motifs is 1. The van der Waals surface area contributed by atoms with Crippen LogP contribution < -0.4 is 20.3 Å². The minimum atomic E-state index is -0.0390. The maximum atomic E-state index is 12.0. The molecule has 0 radical (unpaired) electrons. The second-order valence-corrected chi connectivity index (χ2v) is 9.58. The van der Waals surface area contributed by atoms with E-state index in [-0.39, 0.29) is 18.5 Å². The minimum absolute atomic E-state index is 0.0390. The summed E-state index contributed by atoms with van der Waals surface area (Å²) in [5, 5.41) is 6.70. The Morgan fingerprint density at radius 1 is 1.24 bits per heavy atom. The van der Waals surface area contributed by atoms with Crippen molar-refractivity contribution in [3.63, 3.8) is 0 Å². The number of amides is 1. The fourth-order valence-corrected chi connectivity index (χ4v) is 4.85. The van der Waals surface area contributed by atoms with Crippen molar-refractivity contribution in [2.45, 2.75) is 26.2 Å². The predicted molar refractivity (Wildman–Crippen MR) is 133 cm³/mol. The molecule has 174 valence electrons. The van der Waals surface area contributed by atoms with Crippen LogP contribution in [0.4, 0.5) is 11.6 Å². The number of ether oxygens (including phenoxy) is 1. The number of nitrogens with zero attached hydrogens (tertiary/aromatic N) is 4. The van der Waals surface area contributed by atoms with Gasteiger partial charge in [-0.15, -0.1) is 0 Å². The molecule has 1 aromatic heterocycles. The topological polar surface area (TPSA) is 91.7 Å². The summed E-state index contributed by atoms with van der Waals surface area (Å²) in [4.78, 5) is 27.7. The molecule has 0 bridgehead atoms. The predicted octanol–water partition coefficient (Wildman–Crippen LogP) is 3.98. The van der Waals surface area contributed by atoms with Gasteiger partial charge in [-0.25, -0.2) is 0 Å². The number of rotatable bonds is 5. The first-order valence-corrected chi connectivity index (χ1v) is 12.0. The Balaban J connectivity index is 1.31. The van der Waals surface area contributed by atoms with Gasteiger partial charge < -0.3 is 20.3 Å². The van der Waals surface area contributed by atoms with E-state index in [1.807, 2.05) is 23.1 Å². The van der Waals surface area contributed by atoms with Gasteiger partial charge in [-0.2, -0.15) is 9.97 Å². The Morgan fingerprint density at radius 2 is 2.12 bits per heavy atom. The SMILES string of the molecule is CC1=Cc2c(ccc(Oc3nc(NC4=NCC(C5CC5)=C4)cc(N4CCNC(=O)C4)n3)c2Cl)C1. The lowest BCUT2D eigenvalue weighted by molar-refractivity contribution is -0.120. The first kappa shape index (κ1) is 21.2. The smallest absolute Gasteiger partial charge is 0.325 e. The summed E-state index contributed by atoms with van der Waals surface area (Å²) in [6, 6.07) is 5.87. The maximum absolute atomic E-state index is 12.0. The highest BCUT2D eigenvalue weighted by Gasteiger charge is 2.28. The van der Waals surface area contributed by atoms with Crippen LogP contribution in [0.3, 0.4) is 0 Å². The van der Waals surface area contributed by atoms with E-state index in [9.17, 15) is 4.79 Å². The number of anilines is 2. The molecule has 2 aliphatic carbocycles. The summed E-state index contributed by atoms with van der Waals surface area (Å²) < 4.78 is 6.10. The highest BCUT2D eigenvalue weighted by atomic mass is 35.5. The lowest BCUT2D eigenvalue weighted by atomic mass is 10.1. The van der Waals surface area contributed by atoms with Crippen molar-refractivity contribution in [2.24, 2.45) is 10.9 Å². The molecule has 0 atom stereocenters. The van der Waals surface area contributed by atoms with E-state index in [4.69, 9.17) is 16.3 Å². The molecular formula is C25H25ClN6O2. The number of amidine groups is 1. The zero-order valence-corrected chi connectivity index (χ0v) is 19.7. The van der Waals surface area contributed by atoms with Crippen LogP contribution in [0.2, 0.25) is 5.02 Å². The van der Waals surface area contributed by atoms with E-state index in [0.717, 1.165) is 24.4 Å². The van der Waals surface area contributed by atoms with Crippen molar-refractivity contribution in [1.29, 1.82) is 0 Å². The number of hydrogen-bond donors (Lipinski definition) is 2. The van der Waals surface area contributed by atoms with E-state index in [1.54, 1.807) is 0 Å². The number of carbonyl (C=O) groups excluding carboxylic acids is 1. The summed E-state index contributed by atoms with van der Waals surface area (Å²) in [7, 11) is 0. The number of halogens is 1. The normalized spacial score (nSPS) is 19.3. The zero-order chi connectivity index (χ0) is 23.2. The minimum Gasteiger partial charge on any atom is -0.423 e. The van der Waals surface area contributed by atoms with Gasteiger partial charge in [-0.3, -0.25) is 9.79 Å². The average Bonchev–Trinajstić information content (AvgIpc) is 3.44. The van der Waals surface area contributed by atoms with Gasteiger partial charge in [0, 0.05) is 24.7 Å². The standard InChI is InChI=1S/C25H25ClN6O2/c1-14-8-16-4-5-19(24(26)18(16)9-14)34-25-30-21(29-20-10-17(12-28-20)15-2-3-15)11-22(31-25)32-7-6-27-23(33)13-32/h4-5,9-11,15H,2-3,6-8,12-13H2,1H3,(H,27,33)(H,28,29,30,31). The molecule has 0 spiro atoms. The van der Waals surface area contributed by atoms with Crippen molar-refractivity contribution in [3.05, 3.63) is 51.6 Å². The van der Waals surface area contributed by atoms with Crippen molar-refractivity contribution >= 4 is 41.1 Å². The van der Waals surface area contributed by atoms with E-state index in [2.05, 4.69) is 44.7 Å². The summed E-state index contributed by atoms with van der Waals surface area (Å²) >= 11 is 6.67. The molecule has 0 unspecified atom stereocenters. The molecule has 3 heterocycles. The highest BCUT2D eigenvalue weighted by Crippen LogP contribution is 2.39. The summed E-state index contributed by atoms with van der Waals surface area (Å²) in [6.07, 6.45) is 7.59. The van der Waals surface area contributed by atoms with Crippen LogP contribution in [0, 0.1) is 5.92 Å². The maximum Gasteiger partial charge on any atom is 0.325 e. The van der Waals surface area contributed by atoms with Crippen LogP contribution >= 0.6 is 11.6 Å². The highest BCUT2D eigenvalue weighted by molar-refractivity contribution is 6.33. The van der Waals surface area contributed by atoms with Gasteiger partial charge in [0.1, 0.15) is 23.2 Å². The van der Waals surface area contributed by atoms with Crippen molar-refractivity contribution in [3.8, 4) is 11.8 Å². The number of benzene rings is 1. The van der Waals surface area contributed by atoms with Crippen molar-refractivity contribution < 1.29 is 9.53 Å². The first-order chi connectivity index (χ1) is 16.5. The fourth-order valence-electron chi connectivity index (χ4n) is 4.57. The van der Waals surface area contributed by atoms with Gasteiger partial charge in [0.15, 0.2) is 0 Å². The summed E-state index contributed by atoms with van der Waals surface area (Å²) in [5.41, 5.74) is 4.80. The van der Waals surface area contributed by atoms with Crippen LogP contribution in [-0.2, 0) is 11.2 Å². The quantitative estimate of drug-likeness (QED) is 0.678. The molecule has 6 rings (SSSR count). The molecule has 9 heteroatoms. The molecule has 1 saturated carbocycles. The Bertz CT molecular complexity index is 1280. The van der Waals surface area contributed by atoms with E-state index in [0.29, 0.717) is 41.4 Å². The molecule has 2 aliphatic heterocycles. The molecule has 2 aromatic rings. The number of piperazine rings is 1. The largest absolute Gasteiger partial charge is 0.423 e. The molecule has 4 aliphatic rings. The van der Waals surface area contributed by atoms with E-state index >= 15 is 0 Å². The molecule has 1 amide bonds. The van der Waals surface area contributed by atoms with Crippen LogP contribution in [0.15, 0.2) is 40.4 Å². The number of hydrogen-bond acceptors (Lipinski definition) is 7. The van der Waals surface area contributed by atoms with Crippen molar-refractivity contribution in [1.82, 2.24) is 15.3 Å². The lowest BCUT2D eigenvalue weighted by Gasteiger charge is -2.28. The van der Waals surface area contributed by atoms with Gasteiger partial charge in [0.2, 0.25) is 5.91 Å². The van der Waals surface area contributed by atoms with E-state index in [1.165, 1.54) is 29.6 Å². The number of aliphatic imine (C=N–C) groups is 1. The fraction of sp³-hybridized carbons (Fsp3) is 0.360. The van der Waals surface area contributed by atoms with Crippen LogP contribution in [0.1, 0.15) is 30.9 Å². The Hall–Kier alpha value is -3.39. The number of allylic oxidation sites excluding steroid dienone is 1. The van der Waals surface area contributed by atoms with Gasteiger partial charge in [-0.05, 0) is 55.4 Å². The number of nitrogens with one attached hydrogen (secondary N) is 2. The van der Waals surface area contributed by atoms with Crippen molar-refractivity contribution in [2.75, 3.05) is 36.4 Å². The second kappa shape index (κ2) is 8.43.